The highest BCUT2D eigenvalue weighted by Crippen LogP contribution is 2.16. The largest absolute Gasteiger partial charge is 0.494 e. The van der Waals surface area contributed by atoms with Crippen LogP contribution in [0.2, 0.25) is 0 Å². The lowest BCUT2D eigenvalue weighted by molar-refractivity contribution is 0.304. The summed E-state index contributed by atoms with van der Waals surface area (Å²) in [5.41, 5.74) is 0.978. The Hall–Kier alpha value is -1.29. The van der Waals surface area contributed by atoms with E-state index in [-0.39, 0.29) is 0 Å². The molecule has 1 aromatic rings. The van der Waals surface area contributed by atoms with Gasteiger partial charge in [-0.1, -0.05) is 32.6 Å². The Kier molecular flexibility index (Phi) is 8.79. The Morgan fingerprint density at radius 1 is 1.05 bits per heavy atom. The first kappa shape index (κ1) is 16.8. The highest BCUT2D eigenvalue weighted by molar-refractivity contribution is 7.80. The van der Waals surface area contributed by atoms with Crippen LogP contribution < -0.4 is 15.4 Å². The number of ether oxygens (including phenoxy) is 1. The monoisotopic (exact) mass is 294 g/mol. The Morgan fingerprint density at radius 3 is 2.40 bits per heavy atom. The van der Waals surface area contributed by atoms with Crippen molar-refractivity contribution in [1.82, 2.24) is 5.32 Å². The van der Waals surface area contributed by atoms with Gasteiger partial charge in [-0.15, -0.1) is 0 Å². The van der Waals surface area contributed by atoms with Gasteiger partial charge in [-0.05, 0) is 49.8 Å². The Labute approximate surface area is 128 Å². The maximum Gasteiger partial charge on any atom is 0.170 e. The van der Waals surface area contributed by atoms with Gasteiger partial charge in [0.2, 0.25) is 0 Å². The zero-order valence-electron chi connectivity index (χ0n) is 12.6. The minimum absolute atomic E-state index is 0.650. The number of rotatable bonds is 9. The predicted octanol–water partition coefficient (Wildman–Crippen LogP) is 4.34. The SMILES string of the molecule is CCCCCCCOc1ccc(NC(=S)NCC)cc1. The molecule has 2 N–H and O–H groups in total. The summed E-state index contributed by atoms with van der Waals surface area (Å²) in [6.45, 7) is 5.87. The van der Waals surface area contributed by atoms with Crippen LogP contribution in [0.3, 0.4) is 0 Å². The maximum atomic E-state index is 5.72. The van der Waals surface area contributed by atoms with Crippen molar-refractivity contribution in [2.45, 2.75) is 46.0 Å². The summed E-state index contributed by atoms with van der Waals surface area (Å²) in [6, 6.07) is 7.91. The van der Waals surface area contributed by atoms with Crippen LogP contribution in [-0.2, 0) is 0 Å². The fraction of sp³-hybridized carbons (Fsp3) is 0.562. The molecule has 1 aromatic carbocycles. The first-order valence-electron chi connectivity index (χ1n) is 7.54. The summed E-state index contributed by atoms with van der Waals surface area (Å²) >= 11 is 5.14. The summed E-state index contributed by atoms with van der Waals surface area (Å²) in [5, 5.41) is 6.83. The van der Waals surface area contributed by atoms with E-state index in [9.17, 15) is 0 Å². The van der Waals surface area contributed by atoms with Crippen LogP contribution in [0.25, 0.3) is 0 Å². The van der Waals surface area contributed by atoms with Gasteiger partial charge in [-0.25, -0.2) is 0 Å². The van der Waals surface area contributed by atoms with Gasteiger partial charge in [0, 0.05) is 12.2 Å². The fourth-order valence-electron chi connectivity index (χ4n) is 1.87. The van der Waals surface area contributed by atoms with Gasteiger partial charge in [0.15, 0.2) is 5.11 Å². The molecular weight excluding hydrogens is 268 g/mol. The molecule has 0 aliphatic heterocycles. The first-order chi connectivity index (χ1) is 9.76. The molecule has 4 heteroatoms. The van der Waals surface area contributed by atoms with Gasteiger partial charge < -0.3 is 15.4 Å². The van der Waals surface area contributed by atoms with E-state index in [4.69, 9.17) is 17.0 Å². The van der Waals surface area contributed by atoms with Gasteiger partial charge in [0.05, 0.1) is 6.61 Å². The van der Waals surface area contributed by atoms with Crippen LogP contribution in [0.5, 0.6) is 5.75 Å². The third kappa shape index (κ3) is 7.34. The molecule has 0 saturated heterocycles. The molecule has 0 fully saturated rings. The van der Waals surface area contributed by atoms with E-state index in [2.05, 4.69) is 17.6 Å². The average Bonchev–Trinajstić information content (AvgIpc) is 2.45. The van der Waals surface area contributed by atoms with E-state index in [0.29, 0.717) is 5.11 Å². The van der Waals surface area contributed by atoms with Gasteiger partial charge in [-0.3, -0.25) is 0 Å². The third-order valence-corrected chi connectivity index (χ3v) is 3.21. The van der Waals surface area contributed by atoms with Crippen LogP contribution in [0.15, 0.2) is 24.3 Å². The van der Waals surface area contributed by atoms with E-state index in [0.717, 1.165) is 31.0 Å². The highest BCUT2D eigenvalue weighted by atomic mass is 32.1. The zero-order chi connectivity index (χ0) is 14.6. The number of anilines is 1. The Balaban J connectivity index is 2.23. The van der Waals surface area contributed by atoms with Crippen molar-refractivity contribution in [1.29, 1.82) is 0 Å². The van der Waals surface area contributed by atoms with Crippen molar-refractivity contribution in [2.75, 3.05) is 18.5 Å². The molecule has 0 atom stereocenters. The molecule has 112 valence electrons. The summed E-state index contributed by atoms with van der Waals surface area (Å²) in [5.74, 6) is 0.917. The minimum Gasteiger partial charge on any atom is -0.494 e. The standard InChI is InChI=1S/C16H26N2OS/c1-3-5-6-7-8-13-19-15-11-9-14(10-12-15)18-16(20)17-4-2/h9-12H,3-8,13H2,1-2H3,(H2,17,18,20). The van der Waals surface area contributed by atoms with Crippen LogP contribution in [0.4, 0.5) is 5.69 Å². The van der Waals surface area contributed by atoms with E-state index in [1.54, 1.807) is 0 Å². The summed E-state index contributed by atoms with van der Waals surface area (Å²) in [4.78, 5) is 0. The van der Waals surface area contributed by atoms with Gasteiger partial charge in [0.1, 0.15) is 5.75 Å². The number of nitrogens with one attached hydrogen (secondary N) is 2. The molecule has 0 spiro atoms. The average molecular weight is 294 g/mol. The number of benzene rings is 1. The zero-order valence-corrected chi connectivity index (χ0v) is 13.4. The minimum atomic E-state index is 0.650. The van der Waals surface area contributed by atoms with Crippen molar-refractivity contribution in [2.24, 2.45) is 0 Å². The molecule has 0 amide bonds. The second-order valence-electron chi connectivity index (χ2n) is 4.77. The Bertz CT molecular complexity index is 379. The molecule has 3 nitrogen and oxygen atoms in total. The maximum absolute atomic E-state index is 5.72. The van der Waals surface area contributed by atoms with Gasteiger partial charge in [0.25, 0.3) is 0 Å². The third-order valence-electron chi connectivity index (χ3n) is 2.97. The lowest BCUT2D eigenvalue weighted by Gasteiger charge is -2.10. The first-order valence-corrected chi connectivity index (χ1v) is 7.94. The summed E-state index contributed by atoms with van der Waals surface area (Å²) in [6.07, 6.45) is 6.30. The van der Waals surface area contributed by atoms with Crippen molar-refractivity contribution >= 4 is 23.0 Å². The second-order valence-corrected chi connectivity index (χ2v) is 5.18. The normalized spacial score (nSPS) is 10.1. The lowest BCUT2D eigenvalue weighted by Crippen LogP contribution is -2.27. The molecular formula is C16H26N2OS. The van der Waals surface area contributed by atoms with Crippen LogP contribution in [-0.4, -0.2) is 18.3 Å². The van der Waals surface area contributed by atoms with E-state index in [1.807, 2.05) is 31.2 Å². The second kappa shape index (κ2) is 10.5. The van der Waals surface area contributed by atoms with Crippen LogP contribution in [0, 0.1) is 0 Å². The van der Waals surface area contributed by atoms with E-state index < -0.39 is 0 Å². The summed E-state index contributed by atoms with van der Waals surface area (Å²) < 4.78 is 5.72. The molecule has 0 saturated carbocycles. The van der Waals surface area contributed by atoms with Crippen LogP contribution in [0.1, 0.15) is 46.0 Å². The molecule has 0 heterocycles. The van der Waals surface area contributed by atoms with Gasteiger partial charge >= 0.3 is 0 Å². The Morgan fingerprint density at radius 2 is 1.75 bits per heavy atom. The smallest absolute Gasteiger partial charge is 0.170 e. The van der Waals surface area contributed by atoms with E-state index >= 15 is 0 Å². The van der Waals surface area contributed by atoms with Gasteiger partial charge in [-0.2, -0.15) is 0 Å². The highest BCUT2D eigenvalue weighted by Gasteiger charge is 1.98. The van der Waals surface area contributed by atoms with Crippen molar-refractivity contribution in [3.05, 3.63) is 24.3 Å². The van der Waals surface area contributed by atoms with Crippen LogP contribution >= 0.6 is 12.2 Å². The van der Waals surface area contributed by atoms with Crippen molar-refractivity contribution < 1.29 is 4.74 Å². The molecule has 0 aromatic heterocycles. The molecule has 1 rings (SSSR count). The summed E-state index contributed by atoms with van der Waals surface area (Å²) in [7, 11) is 0. The topological polar surface area (TPSA) is 33.3 Å². The molecule has 0 radical (unpaired) electrons. The molecule has 0 aliphatic rings. The number of unbranched alkanes of at least 4 members (excludes halogenated alkanes) is 4. The quantitative estimate of drug-likeness (QED) is 0.524. The predicted molar refractivity (Wildman–Crippen MR) is 90.6 cm³/mol. The number of hydrogen-bond donors (Lipinski definition) is 2. The lowest BCUT2D eigenvalue weighted by atomic mass is 10.2. The molecule has 0 bridgehead atoms. The van der Waals surface area contributed by atoms with Crippen molar-refractivity contribution in [3.8, 4) is 5.75 Å². The number of thiocarbonyl (C=S) groups is 1. The van der Waals surface area contributed by atoms with E-state index in [1.165, 1.54) is 25.7 Å². The fourth-order valence-corrected chi connectivity index (χ4v) is 2.13. The molecule has 0 aliphatic carbocycles. The molecule has 0 unspecified atom stereocenters. The van der Waals surface area contributed by atoms with Crippen molar-refractivity contribution in [3.63, 3.8) is 0 Å². The molecule has 20 heavy (non-hydrogen) atoms. The number of hydrogen-bond acceptors (Lipinski definition) is 2.